The zero-order valence-corrected chi connectivity index (χ0v) is 11.0. The van der Waals surface area contributed by atoms with Gasteiger partial charge in [-0.2, -0.15) is 5.10 Å². The zero-order chi connectivity index (χ0) is 12.8. The molecule has 1 N–H and O–H groups in total. The summed E-state index contributed by atoms with van der Waals surface area (Å²) in [7, 11) is 1.89. The Bertz CT molecular complexity index is 374. The lowest BCUT2D eigenvalue weighted by Crippen LogP contribution is -2.37. The molecule has 0 aromatic carbocycles. The molecule has 0 saturated heterocycles. The van der Waals surface area contributed by atoms with Crippen LogP contribution in [0.2, 0.25) is 0 Å². The molecular weight excluding hydrogens is 218 g/mol. The largest absolute Gasteiger partial charge is 0.465 e. The van der Waals surface area contributed by atoms with E-state index in [1.54, 1.807) is 4.68 Å². The fourth-order valence-electron chi connectivity index (χ4n) is 1.69. The van der Waals surface area contributed by atoms with Crippen molar-refractivity contribution in [2.24, 2.45) is 7.05 Å². The first kappa shape index (κ1) is 13.7. The molecule has 0 aliphatic heterocycles. The number of nitrogens with one attached hydrogen (secondary N) is 1. The lowest BCUT2D eigenvalue weighted by molar-refractivity contribution is -0.145. The van der Waals surface area contributed by atoms with E-state index in [4.69, 9.17) is 4.74 Å². The molecule has 0 saturated carbocycles. The van der Waals surface area contributed by atoms with Gasteiger partial charge in [0.15, 0.2) is 0 Å². The minimum Gasteiger partial charge on any atom is -0.465 e. The monoisotopic (exact) mass is 239 g/mol. The van der Waals surface area contributed by atoms with Crippen LogP contribution in [0.5, 0.6) is 0 Å². The van der Waals surface area contributed by atoms with Gasteiger partial charge in [0.1, 0.15) is 6.04 Å². The highest BCUT2D eigenvalue weighted by atomic mass is 16.5. The van der Waals surface area contributed by atoms with Gasteiger partial charge in [0.2, 0.25) is 0 Å². The number of ether oxygens (including phenoxy) is 1. The molecule has 5 heteroatoms. The van der Waals surface area contributed by atoms with Gasteiger partial charge < -0.3 is 10.1 Å². The third-order valence-corrected chi connectivity index (χ3v) is 2.63. The van der Waals surface area contributed by atoms with Gasteiger partial charge >= 0.3 is 5.97 Å². The van der Waals surface area contributed by atoms with Crippen LogP contribution in [-0.2, 0) is 23.1 Å². The first-order chi connectivity index (χ1) is 8.08. The predicted molar refractivity (Wildman–Crippen MR) is 65.5 cm³/mol. The maximum atomic E-state index is 11.6. The van der Waals surface area contributed by atoms with Crippen molar-refractivity contribution in [3.63, 3.8) is 0 Å². The van der Waals surface area contributed by atoms with Gasteiger partial charge in [-0.1, -0.05) is 6.92 Å². The van der Waals surface area contributed by atoms with Gasteiger partial charge in [-0.15, -0.1) is 0 Å². The summed E-state index contributed by atoms with van der Waals surface area (Å²) in [6, 6.07) is -0.241. The van der Waals surface area contributed by atoms with Crippen LogP contribution in [0, 0.1) is 6.92 Å². The van der Waals surface area contributed by atoms with E-state index in [0.29, 0.717) is 13.2 Å². The first-order valence-corrected chi connectivity index (χ1v) is 5.97. The molecule has 0 spiro atoms. The SMILES string of the molecule is CCOC(=O)C(CC)NCc1cn(C)nc1C. The van der Waals surface area contributed by atoms with Crippen molar-refractivity contribution in [3.05, 3.63) is 17.5 Å². The Labute approximate surface area is 102 Å². The minimum atomic E-state index is -0.241. The van der Waals surface area contributed by atoms with Crippen LogP contribution >= 0.6 is 0 Å². The van der Waals surface area contributed by atoms with E-state index in [-0.39, 0.29) is 12.0 Å². The lowest BCUT2D eigenvalue weighted by atomic mass is 10.2. The number of aryl methyl sites for hydroxylation is 2. The van der Waals surface area contributed by atoms with E-state index in [2.05, 4.69) is 10.4 Å². The van der Waals surface area contributed by atoms with E-state index in [9.17, 15) is 4.79 Å². The molecular formula is C12H21N3O2. The number of carbonyl (C=O) groups is 1. The fourth-order valence-corrected chi connectivity index (χ4v) is 1.69. The smallest absolute Gasteiger partial charge is 0.323 e. The van der Waals surface area contributed by atoms with Crippen molar-refractivity contribution >= 4 is 5.97 Å². The summed E-state index contributed by atoms with van der Waals surface area (Å²) in [5.41, 5.74) is 2.09. The number of esters is 1. The summed E-state index contributed by atoms with van der Waals surface area (Å²) >= 11 is 0. The van der Waals surface area contributed by atoms with E-state index >= 15 is 0 Å². The van der Waals surface area contributed by atoms with Crippen molar-refractivity contribution in [3.8, 4) is 0 Å². The Morgan fingerprint density at radius 1 is 1.59 bits per heavy atom. The van der Waals surface area contributed by atoms with Crippen molar-refractivity contribution in [1.29, 1.82) is 0 Å². The minimum absolute atomic E-state index is 0.184. The van der Waals surface area contributed by atoms with Crippen molar-refractivity contribution in [2.75, 3.05) is 6.61 Å². The number of hydrogen-bond acceptors (Lipinski definition) is 4. The Balaban J connectivity index is 2.53. The second-order valence-electron chi connectivity index (χ2n) is 4.01. The van der Waals surface area contributed by atoms with Gasteiger partial charge in [-0.3, -0.25) is 9.48 Å². The van der Waals surface area contributed by atoms with Gasteiger partial charge in [0, 0.05) is 25.4 Å². The molecule has 0 aliphatic rings. The lowest BCUT2D eigenvalue weighted by Gasteiger charge is -2.14. The zero-order valence-electron chi connectivity index (χ0n) is 11.0. The molecule has 1 aromatic rings. The van der Waals surface area contributed by atoms with Crippen molar-refractivity contribution in [2.45, 2.75) is 39.8 Å². The molecule has 17 heavy (non-hydrogen) atoms. The molecule has 0 amide bonds. The van der Waals surface area contributed by atoms with E-state index in [1.165, 1.54) is 0 Å². The quantitative estimate of drug-likeness (QED) is 0.757. The topological polar surface area (TPSA) is 56.1 Å². The number of carbonyl (C=O) groups excluding carboxylic acids is 1. The number of nitrogens with zero attached hydrogens (tertiary/aromatic N) is 2. The molecule has 0 bridgehead atoms. The average Bonchev–Trinajstić information content (AvgIpc) is 2.59. The molecule has 0 fully saturated rings. The van der Waals surface area contributed by atoms with Crippen LogP contribution in [0.15, 0.2) is 6.20 Å². The molecule has 1 heterocycles. The molecule has 1 rings (SSSR count). The predicted octanol–water partition coefficient (Wildman–Crippen LogP) is 1.16. The summed E-state index contributed by atoms with van der Waals surface area (Å²) in [5.74, 6) is -0.184. The van der Waals surface area contributed by atoms with Crippen molar-refractivity contribution in [1.82, 2.24) is 15.1 Å². The third-order valence-electron chi connectivity index (χ3n) is 2.63. The summed E-state index contributed by atoms with van der Waals surface area (Å²) in [4.78, 5) is 11.6. The normalized spacial score (nSPS) is 12.5. The summed E-state index contributed by atoms with van der Waals surface area (Å²) in [6.07, 6.45) is 2.68. The Kier molecular flexibility index (Phi) is 5.15. The number of aromatic nitrogens is 2. The molecule has 1 atom stereocenters. The van der Waals surface area contributed by atoms with Crippen LogP contribution in [0.1, 0.15) is 31.5 Å². The molecule has 1 unspecified atom stereocenters. The summed E-state index contributed by atoms with van der Waals surface area (Å²) in [6.45, 7) is 6.79. The Morgan fingerprint density at radius 2 is 2.29 bits per heavy atom. The molecule has 96 valence electrons. The van der Waals surface area contributed by atoms with Gasteiger partial charge in [-0.05, 0) is 20.3 Å². The van der Waals surface area contributed by atoms with Gasteiger partial charge in [0.25, 0.3) is 0 Å². The maximum absolute atomic E-state index is 11.6. The molecule has 0 aliphatic carbocycles. The molecule has 0 radical (unpaired) electrons. The first-order valence-electron chi connectivity index (χ1n) is 5.97. The highest BCUT2D eigenvalue weighted by Gasteiger charge is 2.17. The Morgan fingerprint density at radius 3 is 2.76 bits per heavy atom. The number of rotatable bonds is 6. The summed E-state index contributed by atoms with van der Waals surface area (Å²) < 4.78 is 6.77. The summed E-state index contributed by atoms with van der Waals surface area (Å²) in [5, 5.41) is 7.45. The second-order valence-corrected chi connectivity index (χ2v) is 4.01. The van der Waals surface area contributed by atoms with Crippen LogP contribution in [0.25, 0.3) is 0 Å². The second kappa shape index (κ2) is 6.39. The van der Waals surface area contributed by atoms with Gasteiger partial charge in [-0.25, -0.2) is 0 Å². The standard InChI is InChI=1S/C12H21N3O2/c1-5-11(12(16)17-6-2)13-7-10-8-15(4)14-9(10)3/h8,11,13H,5-7H2,1-4H3. The molecule has 1 aromatic heterocycles. The van der Waals surface area contributed by atoms with Crippen LogP contribution in [0.3, 0.4) is 0 Å². The van der Waals surface area contributed by atoms with Crippen LogP contribution in [0.4, 0.5) is 0 Å². The number of hydrogen-bond donors (Lipinski definition) is 1. The third kappa shape index (κ3) is 3.85. The van der Waals surface area contributed by atoms with Crippen LogP contribution in [-0.4, -0.2) is 28.4 Å². The average molecular weight is 239 g/mol. The fraction of sp³-hybridized carbons (Fsp3) is 0.667. The highest BCUT2D eigenvalue weighted by Crippen LogP contribution is 2.05. The molecule has 5 nitrogen and oxygen atoms in total. The highest BCUT2D eigenvalue weighted by molar-refractivity contribution is 5.75. The Hall–Kier alpha value is -1.36. The van der Waals surface area contributed by atoms with Crippen LogP contribution < -0.4 is 5.32 Å². The van der Waals surface area contributed by atoms with Crippen molar-refractivity contribution < 1.29 is 9.53 Å². The van der Waals surface area contributed by atoms with E-state index < -0.39 is 0 Å². The van der Waals surface area contributed by atoms with Gasteiger partial charge in [0.05, 0.1) is 12.3 Å². The van der Waals surface area contributed by atoms with E-state index in [0.717, 1.165) is 17.7 Å². The maximum Gasteiger partial charge on any atom is 0.323 e. The van der Waals surface area contributed by atoms with E-state index in [1.807, 2.05) is 34.0 Å².